The van der Waals surface area contributed by atoms with Crippen molar-refractivity contribution < 1.29 is 23.5 Å². The van der Waals surface area contributed by atoms with E-state index >= 15 is 0 Å². The average molecular weight is 506 g/mol. The molecule has 1 N–H and O–H groups in total. The van der Waals surface area contributed by atoms with E-state index in [2.05, 4.69) is 5.32 Å². The van der Waals surface area contributed by atoms with Crippen LogP contribution in [-0.2, 0) is 17.8 Å². The van der Waals surface area contributed by atoms with Crippen LogP contribution in [0.1, 0.15) is 35.5 Å². The molecule has 0 unspecified atom stereocenters. The minimum absolute atomic E-state index is 0.00792. The lowest BCUT2D eigenvalue weighted by Crippen LogP contribution is -2.45. The number of benzene rings is 2. The van der Waals surface area contributed by atoms with Gasteiger partial charge in [-0.2, -0.15) is 0 Å². The molecule has 0 saturated heterocycles. The SMILES string of the molecule is COc1ccc(CCN(Cc2ccc(C)o2)C(=O)CN(C(=O)Nc2ccc(C)cc2)C2CC2)cc1OC. The Morgan fingerprint density at radius 3 is 2.32 bits per heavy atom. The number of ether oxygens (including phenoxy) is 2. The first-order valence-corrected chi connectivity index (χ1v) is 12.5. The maximum absolute atomic E-state index is 13.6. The van der Waals surface area contributed by atoms with Crippen molar-refractivity contribution in [1.82, 2.24) is 9.80 Å². The van der Waals surface area contributed by atoms with Gasteiger partial charge in [0, 0.05) is 18.3 Å². The molecule has 8 nitrogen and oxygen atoms in total. The highest BCUT2D eigenvalue weighted by Gasteiger charge is 2.35. The molecule has 3 amide bonds. The largest absolute Gasteiger partial charge is 0.493 e. The molecule has 1 aromatic heterocycles. The van der Waals surface area contributed by atoms with Crippen LogP contribution in [0.15, 0.2) is 59.0 Å². The monoisotopic (exact) mass is 505 g/mol. The molecule has 4 rings (SSSR count). The van der Waals surface area contributed by atoms with Gasteiger partial charge in [0.2, 0.25) is 5.91 Å². The zero-order valence-electron chi connectivity index (χ0n) is 22.0. The Kier molecular flexibility index (Phi) is 8.38. The van der Waals surface area contributed by atoms with Crippen LogP contribution in [0.5, 0.6) is 11.5 Å². The normalized spacial score (nSPS) is 12.6. The molecule has 0 aliphatic heterocycles. The number of nitrogens with zero attached hydrogens (tertiary/aromatic N) is 2. The number of methoxy groups -OCH3 is 2. The van der Waals surface area contributed by atoms with Crippen molar-refractivity contribution in [2.45, 2.75) is 45.7 Å². The molecule has 1 saturated carbocycles. The Morgan fingerprint density at radius 2 is 1.70 bits per heavy atom. The van der Waals surface area contributed by atoms with Gasteiger partial charge in [-0.3, -0.25) is 4.79 Å². The second-order valence-corrected chi connectivity index (χ2v) is 9.42. The van der Waals surface area contributed by atoms with Gasteiger partial charge in [0.05, 0.1) is 20.8 Å². The topological polar surface area (TPSA) is 84.2 Å². The number of furan rings is 1. The molecule has 0 radical (unpaired) electrons. The fraction of sp³-hybridized carbons (Fsp3) is 0.379. The van der Waals surface area contributed by atoms with Gasteiger partial charge in [-0.1, -0.05) is 23.8 Å². The number of amides is 3. The molecular weight excluding hydrogens is 470 g/mol. The summed E-state index contributed by atoms with van der Waals surface area (Å²) < 4.78 is 16.5. The molecule has 0 spiro atoms. The van der Waals surface area contributed by atoms with E-state index in [9.17, 15) is 9.59 Å². The minimum Gasteiger partial charge on any atom is -0.493 e. The van der Waals surface area contributed by atoms with E-state index < -0.39 is 0 Å². The van der Waals surface area contributed by atoms with Gasteiger partial charge in [0.25, 0.3) is 0 Å². The maximum Gasteiger partial charge on any atom is 0.322 e. The van der Waals surface area contributed by atoms with Crippen LogP contribution in [0.3, 0.4) is 0 Å². The quantitative estimate of drug-likeness (QED) is 0.388. The van der Waals surface area contributed by atoms with Crippen molar-refractivity contribution in [3.63, 3.8) is 0 Å². The second kappa shape index (κ2) is 11.9. The molecule has 0 atom stereocenters. The van der Waals surface area contributed by atoms with Crippen molar-refractivity contribution in [3.8, 4) is 11.5 Å². The van der Waals surface area contributed by atoms with Crippen molar-refractivity contribution in [3.05, 3.63) is 77.2 Å². The van der Waals surface area contributed by atoms with Crippen LogP contribution in [0.25, 0.3) is 0 Å². The Bertz CT molecular complexity index is 1220. The fourth-order valence-electron chi connectivity index (χ4n) is 4.18. The van der Waals surface area contributed by atoms with Crippen LogP contribution in [-0.4, -0.2) is 55.1 Å². The number of carbonyl (C=O) groups excluding carboxylic acids is 2. The summed E-state index contributed by atoms with van der Waals surface area (Å²) in [7, 11) is 3.20. The summed E-state index contributed by atoms with van der Waals surface area (Å²) in [5.41, 5.74) is 2.85. The van der Waals surface area contributed by atoms with Gasteiger partial charge >= 0.3 is 6.03 Å². The van der Waals surface area contributed by atoms with Gasteiger partial charge in [0.15, 0.2) is 11.5 Å². The Hall–Kier alpha value is -3.94. The predicted octanol–water partition coefficient (Wildman–Crippen LogP) is 5.18. The van der Waals surface area contributed by atoms with E-state index in [4.69, 9.17) is 13.9 Å². The number of hydrogen-bond donors (Lipinski definition) is 1. The molecule has 2 aromatic carbocycles. The van der Waals surface area contributed by atoms with Gasteiger partial charge in [0.1, 0.15) is 18.1 Å². The van der Waals surface area contributed by atoms with Crippen molar-refractivity contribution in [2.24, 2.45) is 0 Å². The van der Waals surface area contributed by atoms with E-state index in [1.807, 2.05) is 68.4 Å². The van der Waals surface area contributed by atoms with Crippen molar-refractivity contribution in [2.75, 3.05) is 32.6 Å². The third-order valence-corrected chi connectivity index (χ3v) is 6.47. The average Bonchev–Trinajstić information content (AvgIpc) is 3.66. The molecule has 196 valence electrons. The van der Waals surface area contributed by atoms with E-state index in [0.717, 1.165) is 29.7 Å². The highest BCUT2D eigenvalue weighted by Crippen LogP contribution is 2.29. The Morgan fingerprint density at radius 1 is 0.973 bits per heavy atom. The number of urea groups is 1. The molecule has 37 heavy (non-hydrogen) atoms. The number of anilines is 1. The number of carbonyl (C=O) groups is 2. The van der Waals surface area contributed by atoms with Crippen LogP contribution < -0.4 is 14.8 Å². The third-order valence-electron chi connectivity index (χ3n) is 6.47. The summed E-state index contributed by atoms with van der Waals surface area (Å²) in [5, 5.41) is 2.94. The van der Waals surface area contributed by atoms with E-state index in [1.165, 1.54) is 0 Å². The zero-order valence-corrected chi connectivity index (χ0v) is 22.0. The zero-order chi connectivity index (χ0) is 26.4. The van der Waals surface area contributed by atoms with Crippen molar-refractivity contribution >= 4 is 17.6 Å². The van der Waals surface area contributed by atoms with Crippen LogP contribution >= 0.6 is 0 Å². The molecular formula is C29H35N3O5. The third kappa shape index (κ3) is 7.06. The highest BCUT2D eigenvalue weighted by molar-refractivity contribution is 5.92. The van der Waals surface area contributed by atoms with Crippen LogP contribution in [0.4, 0.5) is 10.5 Å². The van der Waals surface area contributed by atoms with Gasteiger partial charge in [-0.15, -0.1) is 0 Å². The van der Waals surface area contributed by atoms with E-state index in [1.54, 1.807) is 24.0 Å². The van der Waals surface area contributed by atoms with Crippen molar-refractivity contribution in [1.29, 1.82) is 0 Å². The van der Waals surface area contributed by atoms with E-state index in [-0.39, 0.29) is 24.5 Å². The lowest BCUT2D eigenvalue weighted by molar-refractivity contribution is -0.132. The summed E-state index contributed by atoms with van der Waals surface area (Å²) in [5.74, 6) is 2.68. The standard InChI is InChI=1S/C29H35N3O5/c1-20-5-9-23(10-6-20)30-29(34)32(24-11-12-24)19-28(33)31(18-25-13-7-21(2)37-25)16-15-22-8-14-26(35-3)27(17-22)36-4/h5-10,13-14,17,24H,11-12,15-16,18-19H2,1-4H3,(H,30,34). The fourth-order valence-corrected chi connectivity index (χ4v) is 4.18. The minimum atomic E-state index is -0.256. The first-order chi connectivity index (χ1) is 17.9. The lowest BCUT2D eigenvalue weighted by Gasteiger charge is -2.27. The number of rotatable bonds is 11. The smallest absolute Gasteiger partial charge is 0.322 e. The van der Waals surface area contributed by atoms with Crippen LogP contribution in [0, 0.1) is 13.8 Å². The first kappa shape index (κ1) is 26.1. The number of aryl methyl sites for hydroxylation is 2. The maximum atomic E-state index is 13.6. The van der Waals surface area contributed by atoms with Gasteiger partial charge < -0.3 is 29.0 Å². The summed E-state index contributed by atoms with van der Waals surface area (Å²) in [6, 6.07) is 17.0. The van der Waals surface area contributed by atoms with Gasteiger partial charge in [-0.05, 0) is 75.1 Å². The predicted molar refractivity (Wildman–Crippen MR) is 142 cm³/mol. The molecule has 8 heteroatoms. The molecule has 0 bridgehead atoms. The first-order valence-electron chi connectivity index (χ1n) is 12.5. The molecule has 3 aromatic rings. The summed E-state index contributed by atoms with van der Waals surface area (Å²) in [4.78, 5) is 30.1. The van der Waals surface area contributed by atoms with Gasteiger partial charge in [-0.25, -0.2) is 4.79 Å². The Labute approximate surface area is 218 Å². The molecule has 1 heterocycles. The molecule has 1 aliphatic rings. The van der Waals surface area contributed by atoms with Crippen LogP contribution in [0.2, 0.25) is 0 Å². The van der Waals surface area contributed by atoms with E-state index in [0.29, 0.717) is 42.5 Å². The molecule has 1 aliphatic carbocycles. The highest BCUT2D eigenvalue weighted by atomic mass is 16.5. The summed E-state index contributed by atoms with van der Waals surface area (Å²) >= 11 is 0. The molecule has 1 fully saturated rings. The summed E-state index contributed by atoms with van der Waals surface area (Å²) in [6.45, 7) is 4.68. The lowest BCUT2D eigenvalue weighted by atomic mass is 10.1. The number of hydrogen-bond acceptors (Lipinski definition) is 5. The second-order valence-electron chi connectivity index (χ2n) is 9.42. The summed E-state index contributed by atoms with van der Waals surface area (Å²) in [6.07, 6.45) is 2.42. The Balaban J connectivity index is 1.47. The number of nitrogens with one attached hydrogen (secondary N) is 1.